The Morgan fingerprint density at radius 3 is 2.13 bits per heavy atom. The highest BCUT2D eigenvalue weighted by Gasteiger charge is 2.70. The fourth-order valence-corrected chi connectivity index (χ4v) is 7.98. The van der Waals surface area contributed by atoms with Crippen LogP contribution in [0.3, 0.4) is 0 Å². The van der Waals surface area contributed by atoms with Crippen molar-refractivity contribution >= 4 is 39.6 Å². The average molecular weight is 675 g/mol. The van der Waals surface area contributed by atoms with Crippen LogP contribution in [-0.2, 0) is 29.2 Å². The zero-order valence-corrected chi connectivity index (χ0v) is 29.4. The van der Waals surface area contributed by atoms with E-state index in [2.05, 4.69) is 16.0 Å². The lowest BCUT2D eigenvalue weighted by atomic mass is 9.85. The van der Waals surface area contributed by atoms with Crippen LogP contribution >= 0.6 is 0 Å². The monoisotopic (exact) mass is 674 g/mol. The van der Waals surface area contributed by atoms with Gasteiger partial charge in [0.15, 0.2) is 0 Å². The summed E-state index contributed by atoms with van der Waals surface area (Å²) in [5.74, 6) is -3.34. The molecule has 6 atom stereocenters. The molecule has 1 saturated heterocycles. The molecule has 1 aromatic carbocycles. The number of hydrogen-bond acceptors (Lipinski definition) is 7. The number of likely N-dealkylation sites (N-methyl/N-ethyl adjacent to an activating group) is 1. The summed E-state index contributed by atoms with van der Waals surface area (Å²) >= 11 is 0. The SMILES string of the molecule is CC(C)[C@@H](CN(C)S(=O)(=O)c1ccccc1)NC(=O)N[C@H](C(=O)N1C[C@H]2[C@@H]([C@H]1C(=O)NC(C(=O)C(N)=O)C1CC1)C2(C)C)C(C)(C)C. The Bertz CT molecular complexity index is 1500. The van der Waals surface area contributed by atoms with Crippen molar-refractivity contribution in [1.82, 2.24) is 25.2 Å². The number of hydrogen-bond donors (Lipinski definition) is 4. The van der Waals surface area contributed by atoms with Gasteiger partial charge in [0.2, 0.25) is 27.6 Å². The van der Waals surface area contributed by atoms with Gasteiger partial charge in [-0.05, 0) is 59.5 Å². The predicted octanol–water partition coefficient (Wildman–Crippen LogP) is 1.48. The minimum absolute atomic E-state index is 0.00452. The third kappa shape index (κ3) is 7.64. The highest BCUT2D eigenvalue weighted by Crippen LogP contribution is 2.65. The van der Waals surface area contributed by atoms with Gasteiger partial charge in [0.1, 0.15) is 18.1 Å². The van der Waals surface area contributed by atoms with Gasteiger partial charge in [-0.1, -0.05) is 66.7 Å². The van der Waals surface area contributed by atoms with E-state index in [9.17, 15) is 32.4 Å². The Kier molecular flexibility index (Phi) is 10.2. The van der Waals surface area contributed by atoms with Crippen LogP contribution in [0.4, 0.5) is 4.79 Å². The average Bonchev–Trinajstić information content (AvgIpc) is 3.86. The van der Waals surface area contributed by atoms with E-state index in [1.807, 2.05) is 27.7 Å². The third-order valence-electron chi connectivity index (χ3n) is 10.1. The maximum absolute atomic E-state index is 14.3. The molecule has 3 aliphatic rings. The van der Waals surface area contributed by atoms with Crippen molar-refractivity contribution in [2.75, 3.05) is 20.1 Å². The minimum atomic E-state index is -3.80. The molecule has 1 unspecified atom stereocenters. The molecule has 5 N–H and O–H groups in total. The second-order valence-corrected chi connectivity index (χ2v) is 17.4. The van der Waals surface area contributed by atoms with Crippen LogP contribution in [0.5, 0.6) is 0 Å². The Hall–Kier alpha value is -3.52. The van der Waals surface area contributed by atoms with E-state index < -0.39 is 69.1 Å². The molecule has 260 valence electrons. The number of nitrogens with zero attached hydrogens (tertiary/aromatic N) is 2. The zero-order chi connectivity index (χ0) is 35.2. The zero-order valence-electron chi connectivity index (χ0n) is 28.6. The van der Waals surface area contributed by atoms with Gasteiger partial charge in [0.05, 0.1) is 4.90 Å². The standard InChI is InChI=1S/C33H50N6O7S/c1-18(2)22(17-38(8)47(45,46)20-12-10-9-11-13-20)35-31(44)37-27(32(3,4)5)30(43)39-16-21-23(33(21,6)7)25(39)29(42)36-24(19-14-15-19)26(40)28(34)41/h9-13,18-19,21-25,27H,14-17H2,1-8H3,(H2,34,41)(H,36,42)(H2,35,37,44)/t21-,22+,23-,24?,25-,27+/m0/s1. The smallest absolute Gasteiger partial charge is 0.315 e. The summed E-state index contributed by atoms with van der Waals surface area (Å²) in [5.41, 5.74) is 4.29. The van der Waals surface area contributed by atoms with Crippen molar-refractivity contribution in [2.45, 2.75) is 90.4 Å². The van der Waals surface area contributed by atoms with Crippen LogP contribution in [0.2, 0.25) is 0 Å². The summed E-state index contributed by atoms with van der Waals surface area (Å²) in [4.78, 5) is 67.4. The van der Waals surface area contributed by atoms with Gasteiger partial charge in [0, 0.05) is 26.2 Å². The molecule has 2 saturated carbocycles. The van der Waals surface area contributed by atoms with Crippen molar-refractivity contribution in [3.63, 3.8) is 0 Å². The van der Waals surface area contributed by atoms with Crippen molar-refractivity contribution in [1.29, 1.82) is 0 Å². The van der Waals surface area contributed by atoms with Crippen molar-refractivity contribution in [2.24, 2.45) is 40.2 Å². The Morgan fingerprint density at radius 1 is 1.02 bits per heavy atom. The summed E-state index contributed by atoms with van der Waals surface area (Å²) in [6, 6.07) is 3.83. The first-order chi connectivity index (χ1) is 21.7. The number of rotatable bonds is 13. The quantitative estimate of drug-likeness (QED) is 0.228. The number of amides is 5. The minimum Gasteiger partial charge on any atom is -0.363 e. The lowest BCUT2D eigenvalue weighted by molar-refractivity contribution is -0.145. The molecule has 47 heavy (non-hydrogen) atoms. The molecule has 13 nitrogen and oxygen atoms in total. The number of fused-ring (bicyclic) bond motifs is 1. The second kappa shape index (κ2) is 13.2. The maximum Gasteiger partial charge on any atom is 0.315 e. The predicted molar refractivity (Wildman–Crippen MR) is 175 cm³/mol. The highest BCUT2D eigenvalue weighted by atomic mass is 32.2. The number of carbonyl (C=O) groups excluding carboxylic acids is 5. The molecule has 0 bridgehead atoms. The van der Waals surface area contributed by atoms with Gasteiger partial charge in [0.25, 0.3) is 5.91 Å². The number of ketones is 1. The first-order valence-electron chi connectivity index (χ1n) is 16.2. The Morgan fingerprint density at radius 2 is 1.62 bits per heavy atom. The Labute approximate surface area is 277 Å². The summed E-state index contributed by atoms with van der Waals surface area (Å²) < 4.78 is 27.5. The number of Topliss-reactive ketones (excluding diaryl/α,β-unsaturated/α-hetero) is 1. The van der Waals surface area contributed by atoms with E-state index in [-0.39, 0.29) is 40.5 Å². The van der Waals surface area contributed by atoms with E-state index in [1.165, 1.54) is 28.4 Å². The summed E-state index contributed by atoms with van der Waals surface area (Å²) in [6.07, 6.45) is 1.37. The van der Waals surface area contributed by atoms with Crippen molar-refractivity contribution in [3.8, 4) is 0 Å². The van der Waals surface area contributed by atoms with Gasteiger partial charge < -0.3 is 26.6 Å². The van der Waals surface area contributed by atoms with Crippen molar-refractivity contribution < 1.29 is 32.4 Å². The molecule has 3 fully saturated rings. The number of nitrogens with one attached hydrogen (secondary N) is 3. The van der Waals surface area contributed by atoms with E-state index >= 15 is 0 Å². The third-order valence-corrected chi connectivity index (χ3v) is 11.9. The highest BCUT2D eigenvalue weighted by molar-refractivity contribution is 7.89. The summed E-state index contributed by atoms with van der Waals surface area (Å²) in [6.45, 7) is 13.5. The lowest BCUT2D eigenvalue weighted by Crippen LogP contribution is -2.62. The largest absolute Gasteiger partial charge is 0.363 e. The van der Waals surface area contributed by atoms with Gasteiger partial charge >= 0.3 is 6.03 Å². The number of primary amides is 1. The van der Waals surface area contributed by atoms with Crippen molar-refractivity contribution in [3.05, 3.63) is 30.3 Å². The van der Waals surface area contributed by atoms with Gasteiger partial charge in [-0.25, -0.2) is 13.2 Å². The first kappa shape index (κ1) is 36.3. The van der Waals surface area contributed by atoms with Gasteiger partial charge in [-0.3, -0.25) is 19.2 Å². The summed E-state index contributed by atoms with van der Waals surface area (Å²) in [5, 5.41) is 8.43. The molecule has 1 aromatic rings. The molecule has 0 aromatic heterocycles. The molecule has 14 heteroatoms. The maximum atomic E-state index is 14.3. The Balaban J connectivity index is 1.50. The molecule has 0 radical (unpaired) electrons. The fraction of sp³-hybridized carbons (Fsp3) is 0.667. The van der Waals surface area contributed by atoms with Crippen LogP contribution < -0.4 is 21.7 Å². The number of carbonyl (C=O) groups is 5. The molecular weight excluding hydrogens is 624 g/mol. The number of piperidine rings is 1. The van der Waals surface area contributed by atoms with Crippen LogP contribution in [0.1, 0.15) is 61.3 Å². The lowest BCUT2D eigenvalue weighted by Gasteiger charge is -2.38. The molecule has 1 heterocycles. The number of likely N-dealkylation sites (tertiary alicyclic amines) is 1. The first-order valence-corrected chi connectivity index (χ1v) is 17.7. The molecule has 0 spiro atoms. The molecule has 2 aliphatic carbocycles. The molecule has 5 amide bonds. The number of nitrogens with two attached hydrogens (primary N) is 1. The number of benzene rings is 1. The van der Waals surface area contributed by atoms with Crippen LogP contribution in [-0.4, -0.2) is 91.5 Å². The normalized spacial score (nSPS) is 23.8. The van der Waals surface area contributed by atoms with Crippen LogP contribution in [0.15, 0.2) is 35.2 Å². The molecular formula is C33H50N6O7S. The topological polar surface area (TPSA) is 188 Å². The van der Waals surface area contributed by atoms with Crippen LogP contribution in [0, 0.1) is 34.5 Å². The fourth-order valence-electron chi connectivity index (χ4n) is 6.76. The van der Waals surface area contributed by atoms with E-state index in [1.54, 1.807) is 39.0 Å². The summed E-state index contributed by atoms with van der Waals surface area (Å²) in [7, 11) is -2.35. The second-order valence-electron chi connectivity index (χ2n) is 15.3. The number of sulfonamides is 1. The number of urea groups is 1. The van der Waals surface area contributed by atoms with E-state index in [4.69, 9.17) is 5.73 Å². The van der Waals surface area contributed by atoms with E-state index in [0.717, 1.165) is 0 Å². The van der Waals surface area contributed by atoms with E-state index in [0.29, 0.717) is 19.4 Å². The van der Waals surface area contributed by atoms with Crippen LogP contribution in [0.25, 0.3) is 0 Å². The molecule has 4 rings (SSSR count). The van der Waals surface area contributed by atoms with Gasteiger partial charge in [-0.2, -0.15) is 4.31 Å². The van der Waals surface area contributed by atoms with Gasteiger partial charge in [-0.15, -0.1) is 0 Å². The molecule has 1 aliphatic heterocycles.